The highest BCUT2D eigenvalue weighted by Gasteiger charge is 2.14. The zero-order valence-corrected chi connectivity index (χ0v) is 19.1. The number of ether oxygens (including phenoxy) is 1. The van der Waals surface area contributed by atoms with Crippen LogP contribution in [-0.4, -0.2) is 17.0 Å². The van der Waals surface area contributed by atoms with Crippen LogP contribution in [0.5, 0.6) is 5.75 Å². The Hall–Kier alpha value is -4.10. The highest BCUT2D eigenvalue weighted by Crippen LogP contribution is 2.34. The van der Waals surface area contributed by atoms with E-state index in [1.54, 1.807) is 18.2 Å². The summed E-state index contributed by atoms with van der Waals surface area (Å²) in [4.78, 5) is 22.8. The number of aliphatic carboxylic acids is 1. The summed E-state index contributed by atoms with van der Waals surface area (Å²) < 4.78 is 12.1. The molecule has 3 aromatic carbocycles. The first kappa shape index (κ1) is 23.1. The standard InChI is InChI=1S/C27H26N2O5/c1-16-8-22-10-19(11-24(27(22)34-16)20-5-3-4-18(9-20)14-28)15-33-25-13-23(29-17(2)30)7-6-21(25)12-26(31)32/h3-11,13H,12,14-15,28H2,1-2H3,(H,29,30)(H,31,32). The molecule has 0 unspecified atom stereocenters. The topological polar surface area (TPSA) is 115 Å². The molecule has 4 rings (SSSR count). The van der Waals surface area contributed by atoms with E-state index in [0.717, 1.165) is 39.0 Å². The van der Waals surface area contributed by atoms with Crippen LogP contribution >= 0.6 is 0 Å². The molecule has 0 atom stereocenters. The van der Waals surface area contributed by atoms with E-state index < -0.39 is 5.97 Å². The molecule has 174 valence electrons. The van der Waals surface area contributed by atoms with E-state index >= 15 is 0 Å². The number of carboxylic acid groups (broad SMARTS) is 1. The first-order chi connectivity index (χ1) is 16.3. The Morgan fingerprint density at radius 3 is 2.62 bits per heavy atom. The highest BCUT2D eigenvalue weighted by atomic mass is 16.5. The largest absolute Gasteiger partial charge is 0.489 e. The molecule has 1 heterocycles. The lowest BCUT2D eigenvalue weighted by molar-refractivity contribution is -0.136. The molecule has 34 heavy (non-hydrogen) atoms. The van der Waals surface area contributed by atoms with Gasteiger partial charge in [0.2, 0.25) is 5.91 Å². The summed E-state index contributed by atoms with van der Waals surface area (Å²) in [5.41, 5.74) is 11.5. The summed E-state index contributed by atoms with van der Waals surface area (Å²) in [6.45, 7) is 3.96. The maximum absolute atomic E-state index is 11.4. The number of amides is 1. The van der Waals surface area contributed by atoms with Crippen molar-refractivity contribution in [3.8, 4) is 16.9 Å². The van der Waals surface area contributed by atoms with Crippen LogP contribution in [0.15, 0.2) is 65.1 Å². The second-order valence-corrected chi connectivity index (χ2v) is 8.19. The Kier molecular flexibility index (Phi) is 6.65. The molecule has 0 aliphatic heterocycles. The van der Waals surface area contributed by atoms with Crippen LogP contribution in [0.25, 0.3) is 22.1 Å². The van der Waals surface area contributed by atoms with Crippen molar-refractivity contribution in [2.24, 2.45) is 5.73 Å². The summed E-state index contributed by atoms with van der Waals surface area (Å²) in [7, 11) is 0. The molecule has 0 radical (unpaired) electrons. The fourth-order valence-corrected chi connectivity index (χ4v) is 3.95. The summed E-state index contributed by atoms with van der Waals surface area (Å²) in [6.07, 6.45) is -0.188. The third-order valence-corrected chi connectivity index (χ3v) is 5.40. The van der Waals surface area contributed by atoms with Gasteiger partial charge in [0, 0.05) is 41.7 Å². The number of furan rings is 1. The van der Waals surface area contributed by atoms with Crippen LogP contribution in [0.1, 0.15) is 29.4 Å². The van der Waals surface area contributed by atoms with Gasteiger partial charge in [-0.25, -0.2) is 0 Å². The van der Waals surface area contributed by atoms with Gasteiger partial charge in [0.05, 0.1) is 6.42 Å². The van der Waals surface area contributed by atoms with Crippen LogP contribution in [0, 0.1) is 6.92 Å². The molecule has 0 aliphatic carbocycles. The van der Waals surface area contributed by atoms with Crippen LogP contribution in [0.3, 0.4) is 0 Å². The lowest BCUT2D eigenvalue weighted by atomic mass is 9.99. The first-order valence-electron chi connectivity index (χ1n) is 10.9. The minimum absolute atomic E-state index is 0.188. The molecule has 0 bridgehead atoms. The molecule has 1 amide bonds. The molecule has 7 nitrogen and oxygen atoms in total. The average molecular weight is 459 g/mol. The van der Waals surface area contributed by atoms with Gasteiger partial charge in [0.1, 0.15) is 23.7 Å². The van der Waals surface area contributed by atoms with Gasteiger partial charge in [-0.2, -0.15) is 0 Å². The Labute approximate surface area is 197 Å². The molecule has 4 N–H and O–H groups in total. The van der Waals surface area contributed by atoms with Crippen molar-refractivity contribution in [2.45, 2.75) is 33.4 Å². The van der Waals surface area contributed by atoms with Crippen molar-refractivity contribution in [3.63, 3.8) is 0 Å². The Morgan fingerprint density at radius 1 is 1.06 bits per heavy atom. The lowest BCUT2D eigenvalue weighted by Gasteiger charge is -2.14. The number of carboxylic acids is 1. The van der Waals surface area contributed by atoms with Crippen molar-refractivity contribution in [1.82, 2.24) is 0 Å². The number of fused-ring (bicyclic) bond motifs is 1. The number of carbonyl (C=O) groups excluding carboxylic acids is 1. The SMILES string of the molecule is CC(=O)Nc1ccc(CC(=O)O)c(OCc2cc(-c3cccc(CN)c3)c3oc(C)cc3c2)c1. The predicted molar refractivity (Wildman–Crippen MR) is 131 cm³/mol. The second kappa shape index (κ2) is 9.80. The Bertz CT molecular complexity index is 1370. The third-order valence-electron chi connectivity index (χ3n) is 5.40. The molecule has 7 heteroatoms. The van der Waals surface area contributed by atoms with E-state index in [4.69, 9.17) is 14.9 Å². The van der Waals surface area contributed by atoms with Crippen molar-refractivity contribution >= 4 is 28.5 Å². The monoisotopic (exact) mass is 458 g/mol. The van der Waals surface area contributed by atoms with Gasteiger partial charge in [-0.05, 0) is 53.9 Å². The normalized spacial score (nSPS) is 10.9. The number of carbonyl (C=O) groups is 2. The van der Waals surface area contributed by atoms with E-state index in [0.29, 0.717) is 23.5 Å². The zero-order chi connectivity index (χ0) is 24.2. The average Bonchev–Trinajstić information content (AvgIpc) is 3.17. The number of benzene rings is 3. The molecule has 4 aromatic rings. The predicted octanol–water partition coefficient (Wildman–Crippen LogP) is 5.03. The molecule has 0 saturated heterocycles. The van der Waals surface area contributed by atoms with Crippen molar-refractivity contribution < 1.29 is 23.8 Å². The number of hydrogen-bond acceptors (Lipinski definition) is 5. The fourth-order valence-electron chi connectivity index (χ4n) is 3.95. The molecular formula is C27H26N2O5. The molecular weight excluding hydrogens is 432 g/mol. The number of rotatable bonds is 8. The second-order valence-electron chi connectivity index (χ2n) is 8.19. The molecule has 0 spiro atoms. The highest BCUT2D eigenvalue weighted by molar-refractivity contribution is 5.93. The van der Waals surface area contributed by atoms with Gasteiger partial charge in [-0.1, -0.05) is 24.3 Å². The number of nitrogens with one attached hydrogen (secondary N) is 1. The van der Waals surface area contributed by atoms with Gasteiger partial charge in [0.15, 0.2) is 0 Å². The number of aryl methyl sites for hydroxylation is 1. The van der Waals surface area contributed by atoms with Crippen molar-refractivity contribution in [2.75, 3.05) is 5.32 Å². The van der Waals surface area contributed by atoms with E-state index in [9.17, 15) is 14.7 Å². The quantitative estimate of drug-likeness (QED) is 0.341. The smallest absolute Gasteiger partial charge is 0.307 e. The summed E-state index contributed by atoms with van der Waals surface area (Å²) in [5, 5.41) is 12.9. The van der Waals surface area contributed by atoms with Gasteiger partial charge < -0.3 is 25.3 Å². The summed E-state index contributed by atoms with van der Waals surface area (Å²) >= 11 is 0. The minimum Gasteiger partial charge on any atom is -0.489 e. The summed E-state index contributed by atoms with van der Waals surface area (Å²) in [6, 6.07) is 18.9. The number of nitrogens with two attached hydrogens (primary N) is 1. The minimum atomic E-state index is -0.963. The van der Waals surface area contributed by atoms with Crippen LogP contribution in [0.2, 0.25) is 0 Å². The lowest BCUT2D eigenvalue weighted by Crippen LogP contribution is -2.08. The first-order valence-corrected chi connectivity index (χ1v) is 10.9. The number of anilines is 1. The van der Waals surface area contributed by atoms with Gasteiger partial charge in [-0.15, -0.1) is 0 Å². The molecule has 0 fully saturated rings. The molecule has 0 aliphatic rings. The van der Waals surface area contributed by atoms with E-state index in [1.807, 2.05) is 49.4 Å². The summed E-state index contributed by atoms with van der Waals surface area (Å²) in [5.74, 6) is 0.0245. The van der Waals surface area contributed by atoms with Gasteiger partial charge >= 0.3 is 5.97 Å². The van der Waals surface area contributed by atoms with Gasteiger partial charge in [-0.3, -0.25) is 9.59 Å². The van der Waals surface area contributed by atoms with Crippen LogP contribution < -0.4 is 15.8 Å². The Balaban J connectivity index is 1.70. The van der Waals surface area contributed by atoms with Crippen LogP contribution in [-0.2, 0) is 29.2 Å². The number of hydrogen-bond donors (Lipinski definition) is 3. The molecule has 0 saturated carbocycles. The van der Waals surface area contributed by atoms with Crippen molar-refractivity contribution in [3.05, 3.63) is 83.1 Å². The maximum atomic E-state index is 11.4. The maximum Gasteiger partial charge on any atom is 0.307 e. The van der Waals surface area contributed by atoms with E-state index in [-0.39, 0.29) is 18.9 Å². The Morgan fingerprint density at radius 2 is 1.88 bits per heavy atom. The van der Waals surface area contributed by atoms with Gasteiger partial charge in [0.25, 0.3) is 0 Å². The zero-order valence-electron chi connectivity index (χ0n) is 19.1. The van der Waals surface area contributed by atoms with Crippen molar-refractivity contribution in [1.29, 1.82) is 0 Å². The van der Waals surface area contributed by atoms with E-state index in [2.05, 4.69) is 5.32 Å². The fraction of sp³-hybridized carbons (Fsp3) is 0.185. The van der Waals surface area contributed by atoms with E-state index in [1.165, 1.54) is 6.92 Å². The molecule has 1 aromatic heterocycles. The van der Waals surface area contributed by atoms with Crippen LogP contribution in [0.4, 0.5) is 5.69 Å². The third kappa shape index (κ3) is 5.27.